The summed E-state index contributed by atoms with van der Waals surface area (Å²) >= 11 is 12.7. The Morgan fingerprint density at radius 2 is 1.84 bits per heavy atom. The van der Waals surface area contributed by atoms with Crippen LogP contribution >= 0.6 is 23.2 Å². The Balaban J connectivity index is 1.74. The van der Waals surface area contributed by atoms with Gasteiger partial charge in [-0.1, -0.05) is 23.2 Å². The molecule has 8 nitrogen and oxygen atoms in total. The van der Waals surface area contributed by atoms with Crippen molar-refractivity contribution in [2.24, 2.45) is 5.92 Å². The number of hydrogen-bond donors (Lipinski definition) is 1. The predicted octanol–water partition coefficient (Wildman–Crippen LogP) is 5.81. The van der Waals surface area contributed by atoms with Crippen LogP contribution in [0.5, 0.6) is 11.5 Å². The first kappa shape index (κ1) is 25.4. The van der Waals surface area contributed by atoms with E-state index in [1.165, 1.54) is 0 Å². The molecule has 1 fully saturated rings. The normalized spacial score (nSPS) is 17.9. The predicted molar refractivity (Wildman–Crippen MR) is 140 cm³/mol. The molecule has 37 heavy (non-hydrogen) atoms. The Morgan fingerprint density at radius 3 is 2.41 bits per heavy atom. The molecular weight excluding hydrogens is 517 g/mol. The minimum Gasteiger partial charge on any atom is -0.496 e. The minimum absolute atomic E-state index is 0.124. The van der Waals surface area contributed by atoms with E-state index in [1.54, 1.807) is 48.0 Å². The van der Waals surface area contributed by atoms with Gasteiger partial charge in [-0.15, -0.1) is 0 Å². The summed E-state index contributed by atoms with van der Waals surface area (Å²) in [6.07, 6.45) is 0.529. The van der Waals surface area contributed by atoms with Gasteiger partial charge in [0.2, 0.25) is 0 Å². The second-order valence-corrected chi connectivity index (χ2v) is 11.3. The maximum atomic E-state index is 13.6. The summed E-state index contributed by atoms with van der Waals surface area (Å²) in [5.74, 6) is -0.601. The van der Waals surface area contributed by atoms with Crippen LogP contribution in [0.15, 0.2) is 30.3 Å². The van der Waals surface area contributed by atoms with Crippen LogP contribution in [-0.4, -0.2) is 51.4 Å². The van der Waals surface area contributed by atoms with Crippen molar-refractivity contribution >= 4 is 35.1 Å². The molecule has 194 valence electrons. The number of methoxy groups -OCH3 is 1. The molecule has 0 bridgehead atoms. The molecule has 1 aliphatic carbocycles. The molecular formula is C27H27Cl2N3O5. The standard InChI is InChI=1S/C27H27Cl2N3O5/c1-27(2,3)31(4)25(33)23-20-12-37-22-11-21(36-5)17(16-9-18(16)26(34)35)10-19(22)24(20)32(30-23)15-7-13(28)6-14(29)8-15/h6-8,10-11,16,18H,9,12H2,1-5H3,(H,34,35)/t16-,18+/m1/s1. The highest BCUT2D eigenvalue weighted by Crippen LogP contribution is 2.54. The Morgan fingerprint density at radius 1 is 1.16 bits per heavy atom. The van der Waals surface area contributed by atoms with E-state index >= 15 is 0 Å². The molecule has 1 N–H and O–H groups in total. The number of rotatable bonds is 5. The third-order valence-electron chi connectivity index (χ3n) is 7.05. The topological polar surface area (TPSA) is 93.9 Å². The number of aromatic nitrogens is 2. The van der Waals surface area contributed by atoms with E-state index < -0.39 is 17.4 Å². The lowest BCUT2D eigenvalue weighted by atomic mass is 9.96. The van der Waals surface area contributed by atoms with Crippen molar-refractivity contribution in [1.82, 2.24) is 14.7 Å². The third-order valence-corrected chi connectivity index (χ3v) is 7.49. The molecule has 1 aliphatic heterocycles. The smallest absolute Gasteiger partial charge is 0.307 e. The number of ether oxygens (including phenoxy) is 2. The van der Waals surface area contributed by atoms with Gasteiger partial charge in [0, 0.05) is 45.7 Å². The van der Waals surface area contributed by atoms with Crippen molar-refractivity contribution in [3.05, 3.63) is 57.2 Å². The minimum atomic E-state index is -0.835. The number of carboxylic acids is 1. The molecule has 5 rings (SSSR count). The zero-order chi connectivity index (χ0) is 26.8. The van der Waals surface area contributed by atoms with Gasteiger partial charge in [0.25, 0.3) is 5.91 Å². The van der Waals surface area contributed by atoms with Crippen LogP contribution < -0.4 is 9.47 Å². The number of halogens is 2. The average Bonchev–Trinajstić information content (AvgIpc) is 3.54. The highest BCUT2D eigenvalue weighted by Gasteiger charge is 2.46. The van der Waals surface area contributed by atoms with E-state index in [0.29, 0.717) is 50.5 Å². The average molecular weight is 544 g/mol. The number of carbonyl (C=O) groups is 2. The zero-order valence-corrected chi connectivity index (χ0v) is 22.6. The molecule has 0 unspecified atom stereocenters. The van der Waals surface area contributed by atoms with Gasteiger partial charge >= 0.3 is 5.97 Å². The molecule has 1 amide bonds. The summed E-state index contributed by atoms with van der Waals surface area (Å²) in [5.41, 5.74) is 3.19. The number of carboxylic acid groups (broad SMARTS) is 1. The maximum absolute atomic E-state index is 13.6. The van der Waals surface area contributed by atoms with E-state index in [1.807, 2.05) is 26.8 Å². The largest absolute Gasteiger partial charge is 0.496 e. The second-order valence-electron chi connectivity index (χ2n) is 10.4. The van der Waals surface area contributed by atoms with Crippen LogP contribution in [0.2, 0.25) is 10.0 Å². The molecule has 3 aromatic rings. The molecule has 2 aliphatic rings. The molecule has 2 aromatic carbocycles. The van der Waals surface area contributed by atoms with Crippen molar-refractivity contribution in [2.75, 3.05) is 14.2 Å². The molecule has 1 aromatic heterocycles. The fraction of sp³-hybridized carbons (Fsp3) is 0.370. The molecule has 1 saturated carbocycles. The number of hydrogen-bond acceptors (Lipinski definition) is 5. The van der Waals surface area contributed by atoms with Gasteiger partial charge in [0.15, 0.2) is 5.69 Å². The molecule has 0 saturated heterocycles. The van der Waals surface area contributed by atoms with E-state index in [0.717, 1.165) is 5.56 Å². The monoisotopic (exact) mass is 543 g/mol. The summed E-state index contributed by atoms with van der Waals surface area (Å²) in [4.78, 5) is 26.9. The van der Waals surface area contributed by atoms with E-state index in [-0.39, 0.29) is 24.1 Å². The summed E-state index contributed by atoms with van der Waals surface area (Å²) in [6.45, 7) is 5.97. The zero-order valence-electron chi connectivity index (χ0n) is 21.1. The van der Waals surface area contributed by atoms with Crippen molar-refractivity contribution < 1.29 is 24.2 Å². The van der Waals surface area contributed by atoms with Gasteiger partial charge in [-0.05, 0) is 57.0 Å². The fourth-order valence-electron chi connectivity index (χ4n) is 4.66. The lowest BCUT2D eigenvalue weighted by Gasteiger charge is -2.31. The Labute approximate surface area is 224 Å². The summed E-state index contributed by atoms with van der Waals surface area (Å²) in [7, 11) is 3.29. The van der Waals surface area contributed by atoms with Gasteiger partial charge in [-0.2, -0.15) is 5.10 Å². The van der Waals surface area contributed by atoms with Gasteiger partial charge in [0.1, 0.15) is 18.1 Å². The first-order chi connectivity index (χ1) is 17.4. The number of amides is 1. The van der Waals surface area contributed by atoms with Gasteiger partial charge in [0.05, 0.1) is 24.4 Å². The highest BCUT2D eigenvalue weighted by atomic mass is 35.5. The SMILES string of the molecule is COc1cc2c(cc1[C@H]1C[C@@H]1C(=O)O)-c1c(c(C(=O)N(C)C(C)(C)C)nn1-c1cc(Cl)cc(Cl)c1)CO2. The Bertz CT molecular complexity index is 1420. The Hall–Kier alpha value is -3.23. The van der Waals surface area contributed by atoms with Gasteiger partial charge in [-0.3, -0.25) is 9.59 Å². The molecule has 0 spiro atoms. The van der Waals surface area contributed by atoms with Crippen LogP contribution in [0.4, 0.5) is 0 Å². The first-order valence-electron chi connectivity index (χ1n) is 11.8. The second kappa shape index (κ2) is 8.96. The number of nitrogens with zero attached hydrogens (tertiary/aromatic N) is 3. The lowest BCUT2D eigenvalue weighted by molar-refractivity contribution is -0.138. The first-order valence-corrected chi connectivity index (χ1v) is 12.6. The fourth-order valence-corrected chi connectivity index (χ4v) is 5.17. The molecule has 0 radical (unpaired) electrons. The number of aliphatic carboxylic acids is 1. The number of carbonyl (C=O) groups excluding carboxylic acids is 1. The maximum Gasteiger partial charge on any atom is 0.307 e. The highest BCUT2D eigenvalue weighted by molar-refractivity contribution is 6.34. The van der Waals surface area contributed by atoms with Crippen molar-refractivity contribution in [2.45, 2.75) is 45.3 Å². The molecule has 2 atom stereocenters. The van der Waals surface area contributed by atoms with Crippen LogP contribution in [-0.2, 0) is 11.4 Å². The van der Waals surface area contributed by atoms with Crippen LogP contribution in [0.3, 0.4) is 0 Å². The van der Waals surface area contributed by atoms with Crippen molar-refractivity contribution in [3.63, 3.8) is 0 Å². The third kappa shape index (κ3) is 4.42. The summed E-state index contributed by atoms with van der Waals surface area (Å²) < 4.78 is 13.4. The number of fused-ring (bicyclic) bond motifs is 3. The van der Waals surface area contributed by atoms with Crippen LogP contribution in [0.1, 0.15) is 54.7 Å². The summed E-state index contributed by atoms with van der Waals surface area (Å²) in [5, 5.41) is 15.1. The van der Waals surface area contributed by atoms with E-state index in [2.05, 4.69) is 0 Å². The van der Waals surface area contributed by atoms with Crippen molar-refractivity contribution in [3.8, 4) is 28.4 Å². The van der Waals surface area contributed by atoms with Gasteiger partial charge < -0.3 is 19.5 Å². The van der Waals surface area contributed by atoms with Crippen molar-refractivity contribution in [1.29, 1.82) is 0 Å². The van der Waals surface area contributed by atoms with Crippen LogP contribution in [0, 0.1) is 5.92 Å². The van der Waals surface area contributed by atoms with Gasteiger partial charge in [-0.25, -0.2) is 4.68 Å². The van der Waals surface area contributed by atoms with E-state index in [4.69, 9.17) is 37.8 Å². The molecule has 2 heterocycles. The quantitative estimate of drug-likeness (QED) is 0.436. The number of benzene rings is 2. The van der Waals surface area contributed by atoms with E-state index in [9.17, 15) is 14.7 Å². The van der Waals surface area contributed by atoms with Crippen LogP contribution in [0.25, 0.3) is 16.9 Å². The molecule has 10 heteroatoms. The summed E-state index contributed by atoms with van der Waals surface area (Å²) in [6, 6.07) is 8.75. The Kier molecular flexibility index (Phi) is 6.15. The lowest BCUT2D eigenvalue weighted by Crippen LogP contribution is -2.43.